The maximum Gasteiger partial charge on any atom is 0.147 e. The highest BCUT2D eigenvalue weighted by molar-refractivity contribution is 5.76. The first-order valence-electron chi connectivity index (χ1n) is 3.33. The number of hydrogen-bond donors (Lipinski definition) is 1. The highest BCUT2D eigenvalue weighted by atomic mass is 16.1. The minimum Gasteiger partial charge on any atom is -0.324 e. The molecule has 1 aliphatic rings. The average Bonchev–Trinajstić information content (AvgIpc) is 1.94. The van der Waals surface area contributed by atoms with Crippen molar-refractivity contribution in [1.82, 2.24) is 0 Å². The molecule has 0 bridgehead atoms. The molecule has 0 aromatic carbocycles. The van der Waals surface area contributed by atoms with Crippen LogP contribution in [0.5, 0.6) is 0 Å². The molecule has 0 amide bonds. The topological polar surface area (TPSA) is 43.1 Å². The van der Waals surface area contributed by atoms with Crippen molar-refractivity contribution >= 4 is 6.29 Å². The zero-order chi connectivity index (χ0) is 7.56. The molecule has 0 saturated heterocycles. The van der Waals surface area contributed by atoms with E-state index in [9.17, 15) is 4.79 Å². The first-order valence-corrected chi connectivity index (χ1v) is 3.33. The van der Waals surface area contributed by atoms with E-state index in [1.165, 1.54) is 0 Å². The highest BCUT2D eigenvalue weighted by Gasteiger charge is 2.10. The van der Waals surface area contributed by atoms with Crippen molar-refractivity contribution in [3.8, 4) is 0 Å². The first kappa shape index (κ1) is 7.22. The fraction of sp³-hybridized carbons (Fsp3) is 0.375. The number of nitrogens with two attached hydrogens (primary N) is 1. The molecule has 0 heterocycles. The van der Waals surface area contributed by atoms with Gasteiger partial charge in [-0.2, -0.15) is 0 Å². The van der Waals surface area contributed by atoms with E-state index in [-0.39, 0.29) is 6.04 Å². The fourth-order valence-corrected chi connectivity index (χ4v) is 0.999. The summed E-state index contributed by atoms with van der Waals surface area (Å²) in [7, 11) is 0. The predicted octanol–water partition coefficient (Wildman–Crippen LogP) is 0.789. The van der Waals surface area contributed by atoms with Crippen molar-refractivity contribution in [2.24, 2.45) is 5.73 Å². The molecule has 10 heavy (non-hydrogen) atoms. The van der Waals surface area contributed by atoms with Gasteiger partial charge in [-0.15, -0.1) is 0 Å². The van der Waals surface area contributed by atoms with Crippen molar-refractivity contribution in [1.29, 1.82) is 0 Å². The van der Waals surface area contributed by atoms with Gasteiger partial charge >= 0.3 is 0 Å². The summed E-state index contributed by atoms with van der Waals surface area (Å²) in [5.41, 5.74) is 7.44. The number of carbonyl (C=O) groups is 1. The summed E-state index contributed by atoms with van der Waals surface area (Å²) in [5.74, 6) is 0. The van der Waals surface area contributed by atoms with Crippen LogP contribution < -0.4 is 5.73 Å². The Morgan fingerprint density at radius 2 is 2.50 bits per heavy atom. The quantitative estimate of drug-likeness (QED) is 0.543. The van der Waals surface area contributed by atoms with E-state index >= 15 is 0 Å². The van der Waals surface area contributed by atoms with Gasteiger partial charge in [-0.25, -0.2) is 0 Å². The van der Waals surface area contributed by atoms with Crippen molar-refractivity contribution in [3.63, 3.8) is 0 Å². The number of aldehydes is 1. The minimum absolute atomic E-state index is 0.0822. The van der Waals surface area contributed by atoms with Gasteiger partial charge < -0.3 is 5.73 Å². The van der Waals surface area contributed by atoms with Gasteiger partial charge in [-0.3, -0.25) is 4.79 Å². The van der Waals surface area contributed by atoms with Crippen LogP contribution in [0.2, 0.25) is 0 Å². The van der Waals surface area contributed by atoms with E-state index in [4.69, 9.17) is 5.73 Å². The summed E-state index contributed by atoms with van der Waals surface area (Å²) in [5, 5.41) is 0. The largest absolute Gasteiger partial charge is 0.324 e. The van der Waals surface area contributed by atoms with Gasteiger partial charge in [0, 0.05) is 11.6 Å². The van der Waals surface area contributed by atoms with E-state index < -0.39 is 0 Å². The Labute approximate surface area is 60.4 Å². The maximum absolute atomic E-state index is 10.3. The molecular formula is C8H11NO. The van der Waals surface area contributed by atoms with Crippen molar-refractivity contribution < 1.29 is 4.79 Å². The summed E-state index contributed by atoms with van der Waals surface area (Å²) in [6, 6.07) is -0.0822. The molecule has 0 aromatic rings. The van der Waals surface area contributed by atoms with Crippen molar-refractivity contribution in [2.45, 2.75) is 19.4 Å². The lowest BCUT2D eigenvalue weighted by Gasteiger charge is -2.13. The summed E-state index contributed by atoms with van der Waals surface area (Å²) >= 11 is 0. The average molecular weight is 137 g/mol. The second-order valence-electron chi connectivity index (χ2n) is 2.55. The Balaban J connectivity index is 2.83. The summed E-state index contributed by atoms with van der Waals surface area (Å²) < 4.78 is 0. The maximum atomic E-state index is 10.3. The Morgan fingerprint density at radius 1 is 1.80 bits per heavy atom. The molecule has 0 radical (unpaired) electrons. The SMILES string of the molecule is CC1=CCC(N)C(C=O)=C1. The van der Waals surface area contributed by atoms with E-state index in [1.807, 2.05) is 19.1 Å². The normalized spacial score (nSPS) is 25.2. The second kappa shape index (κ2) is 2.80. The van der Waals surface area contributed by atoms with Crippen LogP contribution in [0.4, 0.5) is 0 Å². The molecule has 2 N–H and O–H groups in total. The molecule has 54 valence electrons. The lowest BCUT2D eigenvalue weighted by Crippen LogP contribution is -2.24. The molecule has 0 spiro atoms. The number of rotatable bonds is 1. The van der Waals surface area contributed by atoms with Crippen LogP contribution in [0.25, 0.3) is 0 Å². The van der Waals surface area contributed by atoms with Gasteiger partial charge in [0.2, 0.25) is 0 Å². The third-order valence-corrected chi connectivity index (χ3v) is 1.65. The Hall–Kier alpha value is -0.890. The number of hydrogen-bond acceptors (Lipinski definition) is 2. The molecule has 2 heteroatoms. The smallest absolute Gasteiger partial charge is 0.147 e. The Bertz CT molecular complexity index is 203. The number of carbonyl (C=O) groups excluding carboxylic acids is 1. The molecule has 0 fully saturated rings. The predicted molar refractivity (Wildman–Crippen MR) is 40.5 cm³/mol. The van der Waals surface area contributed by atoms with E-state index in [1.54, 1.807) is 0 Å². The lowest BCUT2D eigenvalue weighted by atomic mass is 9.97. The number of allylic oxidation sites excluding steroid dienone is 2. The van der Waals surface area contributed by atoms with Crippen LogP contribution in [0.1, 0.15) is 13.3 Å². The third-order valence-electron chi connectivity index (χ3n) is 1.65. The van der Waals surface area contributed by atoms with Crippen LogP contribution in [-0.4, -0.2) is 12.3 Å². The highest BCUT2D eigenvalue weighted by Crippen LogP contribution is 2.13. The van der Waals surface area contributed by atoms with Gasteiger partial charge in [0.05, 0.1) is 0 Å². The van der Waals surface area contributed by atoms with E-state index in [0.29, 0.717) is 5.57 Å². The monoisotopic (exact) mass is 137 g/mol. The van der Waals surface area contributed by atoms with Gasteiger partial charge in [0.15, 0.2) is 0 Å². The molecule has 0 aliphatic heterocycles. The molecular weight excluding hydrogens is 126 g/mol. The van der Waals surface area contributed by atoms with Crippen LogP contribution in [-0.2, 0) is 4.79 Å². The molecule has 1 aliphatic carbocycles. The molecule has 0 saturated carbocycles. The molecule has 1 unspecified atom stereocenters. The van der Waals surface area contributed by atoms with Gasteiger partial charge in [-0.05, 0) is 13.3 Å². The Morgan fingerprint density at radius 3 is 3.00 bits per heavy atom. The zero-order valence-electron chi connectivity index (χ0n) is 6.00. The minimum atomic E-state index is -0.0822. The fourth-order valence-electron chi connectivity index (χ4n) is 0.999. The summed E-state index contributed by atoms with van der Waals surface area (Å²) in [6.07, 6.45) is 5.50. The Kier molecular flexibility index (Phi) is 2.02. The second-order valence-corrected chi connectivity index (χ2v) is 2.55. The van der Waals surface area contributed by atoms with E-state index in [2.05, 4.69) is 0 Å². The zero-order valence-corrected chi connectivity index (χ0v) is 6.00. The molecule has 0 aromatic heterocycles. The van der Waals surface area contributed by atoms with Crippen LogP contribution in [0.3, 0.4) is 0 Å². The summed E-state index contributed by atoms with van der Waals surface area (Å²) in [6.45, 7) is 1.97. The van der Waals surface area contributed by atoms with Gasteiger partial charge in [-0.1, -0.05) is 17.7 Å². The first-order chi connectivity index (χ1) is 4.74. The molecule has 1 rings (SSSR count). The van der Waals surface area contributed by atoms with Crippen LogP contribution >= 0.6 is 0 Å². The molecule has 1 atom stereocenters. The lowest BCUT2D eigenvalue weighted by molar-refractivity contribution is -0.105. The summed E-state index contributed by atoms with van der Waals surface area (Å²) in [4.78, 5) is 10.3. The molecule has 2 nitrogen and oxygen atoms in total. The standard InChI is InChI=1S/C8H11NO/c1-6-2-3-8(9)7(4-6)5-10/h2,4-5,8H,3,9H2,1H3. The van der Waals surface area contributed by atoms with Crippen molar-refractivity contribution in [2.75, 3.05) is 0 Å². The van der Waals surface area contributed by atoms with Gasteiger partial charge in [0.1, 0.15) is 6.29 Å². The van der Waals surface area contributed by atoms with Crippen LogP contribution in [0.15, 0.2) is 23.3 Å². The van der Waals surface area contributed by atoms with Crippen molar-refractivity contribution in [3.05, 3.63) is 23.3 Å². The van der Waals surface area contributed by atoms with E-state index in [0.717, 1.165) is 18.3 Å². The third kappa shape index (κ3) is 1.33. The van der Waals surface area contributed by atoms with Crippen LogP contribution in [0, 0.1) is 0 Å². The van der Waals surface area contributed by atoms with Gasteiger partial charge in [0.25, 0.3) is 0 Å².